The Kier molecular flexibility index (Phi) is 4.31. The Morgan fingerprint density at radius 2 is 1.96 bits per heavy atom. The molecule has 0 aliphatic carbocycles. The van der Waals surface area contributed by atoms with Gasteiger partial charge in [-0.05, 0) is 35.9 Å². The average Bonchev–Trinajstić information content (AvgIpc) is 3.07. The zero-order valence-electron chi connectivity index (χ0n) is 12.6. The molecule has 0 spiro atoms. The lowest BCUT2D eigenvalue weighted by Gasteiger charge is -2.10. The quantitative estimate of drug-likeness (QED) is 0.774. The van der Waals surface area contributed by atoms with Gasteiger partial charge in [0, 0.05) is 18.1 Å². The van der Waals surface area contributed by atoms with Gasteiger partial charge in [0.15, 0.2) is 0 Å². The molecule has 1 aromatic heterocycles. The number of aromatic nitrogens is 2. The van der Waals surface area contributed by atoms with Crippen LogP contribution in [0.2, 0.25) is 0 Å². The van der Waals surface area contributed by atoms with Crippen molar-refractivity contribution in [2.75, 3.05) is 4.72 Å². The lowest BCUT2D eigenvalue weighted by molar-refractivity contribution is 0.601. The zero-order valence-corrected chi connectivity index (χ0v) is 13.4. The van der Waals surface area contributed by atoms with Crippen molar-refractivity contribution in [3.63, 3.8) is 0 Å². The van der Waals surface area contributed by atoms with Crippen LogP contribution in [0.25, 0.3) is 0 Å². The van der Waals surface area contributed by atoms with Crippen LogP contribution in [0.5, 0.6) is 0 Å². The summed E-state index contributed by atoms with van der Waals surface area (Å²) in [5.41, 5.74) is 1.46. The van der Waals surface area contributed by atoms with E-state index in [1.807, 2.05) is 24.4 Å². The zero-order chi connectivity index (χ0) is 17.0. The van der Waals surface area contributed by atoms with Crippen molar-refractivity contribution in [1.82, 2.24) is 9.78 Å². The highest BCUT2D eigenvalue weighted by Crippen LogP contribution is 2.20. The fourth-order valence-corrected chi connectivity index (χ4v) is 3.53. The van der Waals surface area contributed by atoms with E-state index in [2.05, 4.69) is 9.82 Å². The van der Waals surface area contributed by atoms with Gasteiger partial charge in [-0.25, -0.2) is 8.42 Å². The van der Waals surface area contributed by atoms with Gasteiger partial charge in [-0.1, -0.05) is 24.3 Å². The fourth-order valence-electron chi connectivity index (χ4n) is 2.32. The number of benzene rings is 2. The van der Waals surface area contributed by atoms with Crippen LogP contribution < -0.4 is 4.72 Å². The molecule has 2 aromatic carbocycles. The molecule has 120 valence electrons. The van der Waals surface area contributed by atoms with Gasteiger partial charge < -0.3 is 0 Å². The number of hydrogen-bond donors (Lipinski definition) is 1. The van der Waals surface area contributed by atoms with Crippen LogP contribution in [0.1, 0.15) is 11.1 Å². The second-order valence-electron chi connectivity index (χ2n) is 5.12. The molecule has 3 aromatic rings. The summed E-state index contributed by atoms with van der Waals surface area (Å²) in [5.74, 6) is 0. The number of rotatable bonds is 5. The molecule has 1 heterocycles. The van der Waals surface area contributed by atoms with Crippen molar-refractivity contribution < 1.29 is 8.42 Å². The smallest absolute Gasteiger partial charge is 0.263 e. The predicted molar refractivity (Wildman–Crippen MR) is 89.7 cm³/mol. The molecular formula is C17H14N4O2S. The molecule has 0 saturated carbocycles. The largest absolute Gasteiger partial charge is 0.280 e. The molecule has 24 heavy (non-hydrogen) atoms. The maximum atomic E-state index is 12.5. The first-order valence-electron chi connectivity index (χ1n) is 7.17. The van der Waals surface area contributed by atoms with Crippen molar-refractivity contribution in [1.29, 1.82) is 5.26 Å². The van der Waals surface area contributed by atoms with Crippen molar-refractivity contribution in [2.45, 2.75) is 11.4 Å². The molecule has 0 atom stereocenters. The number of nitrogens with one attached hydrogen (secondary N) is 1. The van der Waals surface area contributed by atoms with E-state index >= 15 is 0 Å². The maximum absolute atomic E-state index is 12.5. The van der Waals surface area contributed by atoms with Gasteiger partial charge in [-0.2, -0.15) is 10.4 Å². The number of sulfonamides is 1. The summed E-state index contributed by atoms with van der Waals surface area (Å²) in [6, 6.07) is 16.9. The van der Waals surface area contributed by atoms with Gasteiger partial charge in [0.1, 0.15) is 11.0 Å². The standard InChI is InChI=1S/C17H14N4O2S/c18-12-15-6-1-2-8-17(15)24(22,23)20-16-7-3-5-14(11-16)13-21-10-4-9-19-21/h1-11,20H,13H2. The van der Waals surface area contributed by atoms with Gasteiger partial charge in [-0.3, -0.25) is 9.40 Å². The normalized spacial score (nSPS) is 11.0. The Balaban J connectivity index is 1.86. The summed E-state index contributed by atoms with van der Waals surface area (Å²) < 4.78 is 29.3. The molecule has 0 saturated heterocycles. The van der Waals surface area contributed by atoms with Crippen LogP contribution in [0.15, 0.2) is 71.9 Å². The van der Waals surface area contributed by atoms with Crippen molar-refractivity contribution in [3.8, 4) is 6.07 Å². The Morgan fingerprint density at radius 3 is 2.71 bits per heavy atom. The average molecular weight is 338 g/mol. The van der Waals surface area contributed by atoms with E-state index in [-0.39, 0.29) is 10.5 Å². The van der Waals surface area contributed by atoms with E-state index in [0.29, 0.717) is 12.2 Å². The van der Waals surface area contributed by atoms with Gasteiger partial charge in [0.05, 0.1) is 12.1 Å². The first kappa shape index (κ1) is 15.8. The highest BCUT2D eigenvalue weighted by molar-refractivity contribution is 7.92. The molecule has 0 radical (unpaired) electrons. The minimum atomic E-state index is -3.83. The van der Waals surface area contributed by atoms with Gasteiger partial charge in [-0.15, -0.1) is 0 Å². The third kappa shape index (κ3) is 3.45. The molecule has 1 N–H and O–H groups in total. The first-order chi connectivity index (χ1) is 11.6. The Hall–Kier alpha value is -3.11. The van der Waals surface area contributed by atoms with Gasteiger partial charge in [0.25, 0.3) is 10.0 Å². The molecule has 0 amide bonds. The minimum Gasteiger partial charge on any atom is -0.280 e. The van der Waals surface area contributed by atoms with E-state index in [0.717, 1.165) is 5.56 Å². The molecule has 0 unspecified atom stereocenters. The lowest BCUT2D eigenvalue weighted by Crippen LogP contribution is -2.14. The van der Waals surface area contributed by atoms with E-state index < -0.39 is 10.0 Å². The highest BCUT2D eigenvalue weighted by atomic mass is 32.2. The summed E-state index contributed by atoms with van der Waals surface area (Å²) in [6.07, 6.45) is 3.52. The van der Waals surface area contributed by atoms with E-state index in [9.17, 15) is 8.42 Å². The molecule has 0 bridgehead atoms. The topological polar surface area (TPSA) is 87.8 Å². The van der Waals surface area contributed by atoms with Crippen molar-refractivity contribution >= 4 is 15.7 Å². The monoisotopic (exact) mass is 338 g/mol. The summed E-state index contributed by atoms with van der Waals surface area (Å²) in [7, 11) is -3.83. The van der Waals surface area contributed by atoms with Gasteiger partial charge >= 0.3 is 0 Å². The van der Waals surface area contributed by atoms with Crippen molar-refractivity contribution in [3.05, 3.63) is 78.1 Å². The summed E-state index contributed by atoms with van der Waals surface area (Å²) >= 11 is 0. The van der Waals surface area contributed by atoms with Crippen molar-refractivity contribution in [2.24, 2.45) is 0 Å². The predicted octanol–water partition coefficient (Wildman–Crippen LogP) is 2.60. The van der Waals surface area contributed by atoms with Crippen LogP contribution >= 0.6 is 0 Å². The first-order valence-corrected chi connectivity index (χ1v) is 8.65. The molecule has 0 aliphatic heterocycles. The molecule has 3 rings (SSSR count). The Morgan fingerprint density at radius 1 is 1.12 bits per heavy atom. The number of hydrogen-bond acceptors (Lipinski definition) is 4. The number of anilines is 1. The SMILES string of the molecule is N#Cc1ccccc1S(=O)(=O)Nc1cccc(Cn2cccn2)c1. The summed E-state index contributed by atoms with van der Waals surface area (Å²) in [6.45, 7) is 0.539. The van der Waals surface area contributed by atoms with E-state index in [1.54, 1.807) is 41.2 Å². The van der Waals surface area contributed by atoms with E-state index in [4.69, 9.17) is 5.26 Å². The van der Waals surface area contributed by atoms with Crippen LogP contribution in [0.3, 0.4) is 0 Å². The second kappa shape index (κ2) is 6.56. The molecule has 0 fully saturated rings. The van der Waals surface area contributed by atoms with Gasteiger partial charge in [0.2, 0.25) is 0 Å². The van der Waals surface area contributed by atoms with E-state index in [1.165, 1.54) is 12.1 Å². The number of nitriles is 1. The fraction of sp³-hybridized carbons (Fsp3) is 0.0588. The van der Waals surface area contributed by atoms with Crippen LogP contribution in [-0.4, -0.2) is 18.2 Å². The minimum absolute atomic E-state index is 0.0371. The molecule has 0 aliphatic rings. The molecular weight excluding hydrogens is 324 g/mol. The third-order valence-corrected chi connectivity index (χ3v) is 4.82. The lowest BCUT2D eigenvalue weighted by atomic mass is 10.2. The van der Waals surface area contributed by atoms with Crippen LogP contribution in [0, 0.1) is 11.3 Å². The summed E-state index contributed by atoms with van der Waals surface area (Å²) in [5, 5.41) is 13.2. The Bertz CT molecular complexity index is 989. The molecule has 6 nitrogen and oxygen atoms in total. The summed E-state index contributed by atoms with van der Waals surface area (Å²) in [4.78, 5) is -0.0371. The second-order valence-corrected chi connectivity index (χ2v) is 6.77. The number of nitrogens with zero attached hydrogens (tertiary/aromatic N) is 3. The van der Waals surface area contributed by atoms with Crippen LogP contribution in [-0.2, 0) is 16.6 Å². The molecule has 7 heteroatoms. The Labute approximate surface area is 140 Å². The third-order valence-electron chi connectivity index (χ3n) is 3.38. The highest BCUT2D eigenvalue weighted by Gasteiger charge is 2.18. The van der Waals surface area contributed by atoms with Crippen LogP contribution in [0.4, 0.5) is 5.69 Å². The maximum Gasteiger partial charge on any atom is 0.263 e.